The Morgan fingerprint density at radius 3 is 2.76 bits per heavy atom. The third kappa shape index (κ3) is 4.00. The number of rotatable bonds is 6. The predicted octanol–water partition coefficient (Wildman–Crippen LogP) is 1.81. The number of aryl methyl sites for hydroxylation is 1. The monoisotopic (exact) mass is 344 g/mol. The number of nitrogens with one attached hydrogen (secondary N) is 2. The zero-order valence-electron chi connectivity index (χ0n) is 14.8. The molecule has 7 heteroatoms. The van der Waals surface area contributed by atoms with Crippen molar-refractivity contribution in [3.05, 3.63) is 47.3 Å². The highest BCUT2D eigenvalue weighted by Crippen LogP contribution is 2.25. The first-order valence-corrected chi connectivity index (χ1v) is 8.45. The lowest BCUT2D eigenvalue weighted by Gasteiger charge is -2.19. The first-order chi connectivity index (χ1) is 12.1. The highest BCUT2D eigenvalue weighted by molar-refractivity contribution is 5.82. The summed E-state index contributed by atoms with van der Waals surface area (Å²) in [7, 11) is 3.42. The fraction of sp³-hybridized carbons (Fsp3) is 0.444. The summed E-state index contributed by atoms with van der Waals surface area (Å²) in [6.07, 6.45) is 1.50. The first kappa shape index (κ1) is 17.4. The minimum Gasteiger partial charge on any atom is -0.497 e. The molecule has 1 amide bonds. The standard InChI is InChI=1S/C18H24N4O3/c1-4-13-9-15(25-21-13)11-22(2)18(23)17-10-16(19-20-17)12-5-7-14(24-3)8-6-12/h5-9,16-17,19-20H,4,10-11H2,1-3H3. The van der Waals surface area contributed by atoms with E-state index >= 15 is 0 Å². The molecule has 2 aromatic rings. The van der Waals surface area contributed by atoms with Gasteiger partial charge in [0.1, 0.15) is 11.8 Å². The van der Waals surface area contributed by atoms with Gasteiger partial charge in [-0.3, -0.25) is 4.79 Å². The predicted molar refractivity (Wildman–Crippen MR) is 92.8 cm³/mol. The molecule has 1 aliphatic rings. The van der Waals surface area contributed by atoms with Gasteiger partial charge in [0.15, 0.2) is 5.76 Å². The summed E-state index contributed by atoms with van der Waals surface area (Å²) in [6, 6.07) is 9.58. The molecule has 2 heterocycles. The van der Waals surface area contributed by atoms with E-state index in [0.717, 1.165) is 23.4 Å². The van der Waals surface area contributed by atoms with Crippen LogP contribution in [0.3, 0.4) is 0 Å². The average molecular weight is 344 g/mol. The summed E-state index contributed by atoms with van der Waals surface area (Å²) in [5.74, 6) is 1.55. The first-order valence-electron chi connectivity index (χ1n) is 8.45. The van der Waals surface area contributed by atoms with Gasteiger partial charge in [-0.25, -0.2) is 10.9 Å². The van der Waals surface area contributed by atoms with E-state index in [4.69, 9.17) is 9.26 Å². The molecule has 25 heavy (non-hydrogen) atoms. The maximum Gasteiger partial charge on any atom is 0.241 e. The van der Waals surface area contributed by atoms with E-state index in [-0.39, 0.29) is 18.0 Å². The highest BCUT2D eigenvalue weighted by Gasteiger charge is 2.32. The van der Waals surface area contributed by atoms with Gasteiger partial charge in [-0.2, -0.15) is 0 Å². The average Bonchev–Trinajstić information content (AvgIpc) is 3.30. The van der Waals surface area contributed by atoms with Crippen molar-refractivity contribution in [3.63, 3.8) is 0 Å². The second-order valence-corrected chi connectivity index (χ2v) is 6.24. The number of ether oxygens (including phenoxy) is 1. The lowest BCUT2D eigenvalue weighted by atomic mass is 10.0. The third-order valence-corrected chi connectivity index (χ3v) is 4.46. The molecule has 134 valence electrons. The number of carbonyl (C=O) groups is 1. The molecule has 1 aromatic carbocycles. The van der Waals surface area contributed by atoms with E-state index < -0.39 is 0 Å². The normalized spacial score (nSPS) is 19.8. The van der Waals surface area contributed by atoms with Crippen molar-refractivity contribution >= 4 is 5.91 Å². The number of methoxy groups -OCH3 is 1. The zero-order chi connectivity index (χ0) is 17.8. The van der Waals surface area contributed by atoms with Gasteiger partial charge in [0.25, 0.3) is 0 Å². The van der Waals surface area contributed by atoms with Gasteiger partial charge in [-0.05, 0) is 30.5 Å². The van der Waals surface area contributed by atoms with Crippen molar-refractivity contribution in [2.24, 2.45) is 0 Å². The molecule has 1 fully saturated rings. The molecule has 0 bridgehead atoms. The Morgan fingerprint density at radius 2 is 2.12 bits per heavy atom. The Bertz CT molecular complexity index is 713. The Kier molecular flexibility index (Phi) is 5.35. The number of amides is 1. The van der Waals surface area contributed by atoms with Gasteiger partial charge in [-0.15, -0.1) is 0 Å². The molecule has 7 nitrogen and oxygen atoms in total. The number of hydrazine groups is 1. The van der Waals surface area contributed by atoms with Crippen LogP contribution in [-0.2, 0) is 17.8 Å². The lowest BCUT2D eigenvalue weighted by molar-refractivity contribution is -0.132. The van der Waals surface area contributed by atoms with Crippen LogP contribution in [0.25, 0.3) is 0 Å². The fourth-order valence-corrected chi connectivity index (χ4v) is 2.95. The van der Waals surface area contributed by atoms with Crippen LogP contribution in [-0.4, -0.2) is 36.2 Å². The lowest BCUT2D eigenvalue weighted by Crippen LogP contribution is -2.43. The van der Waals surface area contributed by atoms with Crippen LogP contribution in [0.2, 0.25) is 0 Å². The Labute approximate surface area is 147 Å². The van der Waals surface area contributed by atoms with Crippen molar-refractivity contribution in [2.75, 3.05) is 14.2 Å². The van der Waals surface area contributed by atoms with Gasteiger partial charge < -0.3 is 14.2 Å². The van der Waals surface area contributed by atoms with E-state index in [1.54, 1.807) is 19.1 Å². The highest BCUT2D eigenvalue weighted by atomic mass is 16.5. The molecule has 0 aliphatic carbocycles. The van der Waals surface area contributed by atoms with Gasteiger partial charge in [0.2, 0.25) is 5.91 Å². The smallest absolute Gasteiger partial charge is 0.241 e. The molecule has 1 aliphatic heterocycles. The van der Waals surface area contributed by atoms with Crippen LogP contribution in [0.5, 0.6) is 5.75 Å². The van der Waals surface area contributed by atoms with Crippen molar-refractivity contribution in [3.8, 4) is 5.75 Å². The molecule has 3 rings (SSSR count). The van der Waals surface area contributed by atoms with E-state index in [0.29, 0.717) is 18.7 Å². The van der Waals surface area contributed by atoms with Gasteiger partial charge in [0, 0.05) is 19.2 Å². The summed E-state index contributed by atoms with van der Waals surface area (Å²) in [5.41, 5.74) is 8.32. The van der Waals surface area contributed by atoms with Gasteiger partial charge in [0.05, 0.1) is 19.3 Å². The summed E-state index contributed by atoms with van der Waals surface area (Å²) >= 11 is 0. The molecule has 1 aromatic heterocycles. The number of likely N-dealkylation sites (N-methyl/N-ethyl adjacent to an activating group) is 1. The van der Waals surface area contributed by atoms with Crippen LogP contribution in [0, 0.1) is 0 Å². The van der Waals surface area contributed by atoms with E-state index in [9.17, 15) is 4.79 Å². The molecule has 2 atom stereocenters. The largest absolute Gasteiger partial charge is 0.497 e. The van der Waals surface area contributed by atoms with Crippen LogP contribution in [0.4, 0.5) is 0 Å². The molecule has 1 saturated heterocycles. The zero-order valence-corrected chi connectivity index (χ0v) is 14.8. The Balaban J connectivity index is 1.57. The van der Waals surface area contributed by atoms with Crippen LogP contribution >= 0.6 is 0 Å². The fourth-order valence-electron chi connectivity index (χ4n) is 2.95. The molecule has 2 N–H and O–H groups in total. The van der Waals surface area contributed by atoms with E-state index in [1.165, 1.54) is 0 Å². The number of nitrogens with zero attached hydrogens (tertiary/aromatic N) is 2. The second kappa shape index (κ2) is 7.67. The molecular formula is C18H24N4O3. The minimum absolute atomic E-state index is 0.0259. The number of aromatic nitrogens is 1. The second-order valence-electron chi connectivity index (χ2n) is 6.24. The van der Waals surface area contributed by atoms with E-state index in [1.807, 2.05) is 37.3 Å². The van der Waals surface area contributed by atoms with Crippen molar-refractivity contribution in [2.45, 2.75) is 38.4 Å². The SMILES string of the molecule is CCc1cc(CN(C)C(=O)C2CC(c3ccc(OC)cc3)NN2)on1. The van der Waals surface area contributed by atoms with Crippen LogP contribution in [0.1, 0.15) is 36.4 Å². The van der Waals surface area contributed by atoms with Gasteiger partial charge >= 0.3 is 0 Å². The van der Waals surface area contributed by atoms with Crippen molar-refractivity contribution < 1.29 is 14.1 Å². The summed E-state index contributed by atoms with van der Waals surface area (Å²) in [5, 5.41) is 3.96. The van der Waals surface area contributed by atoms with Gasteiger partial charge in [-0.1, -0.05) is 24.2 Å². The number of benzene rings is 1. The molecule has 0 saturated carbocycles. The molecular weight excluding hydrogens is 320 g/mol. The number of carbonyl (C=O) groups excluding carboxylic acids is 1. The molecule has 2 unspecified atom stereocenters. The third-order valence-electron chi connectivity index (χ3n) is 4.46. The minimum atomic E-state index is -0.273. The maximum absolute atomic E-state index is 12.6. The van der Waals surface area contributed by atoms with Crippen molar-refractivity contribution in [1.29, 1.82) is 0 Å². The molecule has 0 radical (unpaired) electrons. The molecule has 0 spiro atoms. The quantitative estimate of drug-likeness (QED) is 0.832. The Hall–Kier alpha value is -2.38. The van der Waals surface area contributed by atoms with Crippen LogP contribution in [0.15, 0.2) is 34.9 Å². The maximum atomic E-state index is 12.6. The van der Waals surface area contributed by atoms with Crippen LogP contribution < -0.4 is 15.6 Å². The van der Waals surface area contributed by atoms with Crippen molar-refractivity contribution in [1.82, 2.24) is 20.9 Å². The Morgan fingerprint density at radius 1 is 1.36 bits per heavy atom. The topological polar surface area (TPSA) is 79.6 Å². The number of hydrogen-bond acceptors (Lipinski definition) is 6. The summed E-state index contributed by atoms with van der Waals surface area (Å²) in [4.78, 5) is 14.3. The number of hydrogen-bond donors (Lipinski definition) is 2. The van der Waals surface area contributed by atoms with E-state index in [2.05, 4.69) is 16.0 Å². The summed E-state index contributed by atoms with van der Waals surface area (Å²) < 4.78 is 10.4. The summed E-state index contributed by atoms with van der Waals surface area (Å²) in [6.45, 7) is 2.43.